The number of ether oxygens (including phenoxy) is 1. The number of halogens is 1. The SMILES string of the molecule is CCC(=O)N1CCc2ccc(OCc3nc(C(=O)NCc4ccccc4)cs3)cc2C1c1ccc(F)cc1. The molecular formula is C30H28FN3O3S. The van der Waals surface area contributed by atoms with E-state index in [1.54, 1.807) is 17.5 Å². The molecule has 1 N–H and O–H groups in total. The number of nitrogens with zero attached hydrogens (tertiary/aromatic N) is 2. The Kier molecular flexibility index (Phi) is 7.79. The molecule has 38 heavy (non-hydrogen) atoms. The maximum Gasteiger partial charge on any atom is 0.271 e. The summed E-state index contributed by atoms with van der Waals surface area (Å²) in [5.74, 6) is 0.156. The van der Waals surface area contributed by atoms with E-state index in [0.717, 1.165) is 28.7 Å². The highest BCUT2D eigenvalue weighted by Gasteiger charge is 2.31. The van der Waals surface area contributed by atoms with Crippen LogP contribution in [0.2, 0.25) is 0 Å². The van der Waals surface area contributed by atoms with Crippen LogP contribution in [0.3, 0.4) is 0 Å². The lowest BCUT2D eigenvalue weighted by molar-refractivity contribution is -0.132. The molecule has 6 nitrogen and oxygen atoms in total. The Labute approximate surface area is 225 Å². The molecule has 3 aromatic carbocycles. The molecule has 1 aliphatic heterocycles. The van der Waals surface area contributed by atoms with E-state index < -0.39 is 0 Å². The molecule has 8 heteroatoms. The summed E-state index contributed by atoms with van der Waals surface area (Å²) in [6.07, 6.45) is 1.14. The number of fused-ring (bicyclic) bond motifs is 1. The number of nitrogens with one attached hydrogen (secondary N) is 1. The van der Waals surface area contributed by atoms with E-state index in [1.165, 1.54) is 23.5 Å². The Morgan fingerprint density at radius 3 is 2.66 bits per heavy atom. The van der Waals surface area contributed by atoms with E-state index in [9.17, 15) is 14.0 Å². The Bertz CT molecular complexity index is 1420. The lowest BCUT2D eigenvalue weighted by Crippen LogP contribution is -2.40. The van der Waals surface area contributed by atoms with Crippen molar-refractivity contribution in [3.8, 4) is 5.75 Å². The van der Waals surface area contributed by atoms with Gasteiger partial charge in [0.15, 0.2) is 0 Å². The Morgan fingerprint density at radius 2 is 1.89 bits per heavy atom. The van der Waals surface area contributed by atoms with Gasteiger partial charge in [0.05, 0.1) is 6.04 Å². The van der Waals surface area contributed by atoms with E-state index in [2.05, 4.69) is 10.3 Å². The van der Waals surface area contributed by atoms with Gasteiger partial charge in [0, 0.05) is 24.9 Å². The highest BCUT2D eigenvalue weighted by atomic mass is 32.1. The molecule has 5 rings (SSSR count). The largest absolute Gasteiger partial charge is 0.486 e. The first-order valence-electron chi connectivity index (χ1n) is 12.6. The summed E-state index contributed by atoms with van der Waals surface area (Å²) in [6.45, 7) is 3.11. The van der Waals surface area contributed by atoms with Crippen molar-refractivity contribution < 1.29 is 18.7 Å². The summed E-state index contributed by atoms with van der Waals surface area (Å²) in [4.78, 5) is 31.6. The maximum absolute atomic E-state index is 13.6. The zero-order chi connectivity index (χ0) is 26.5. The molecule has 1 aromatic heterocycles. The van der Waals surface area contributed by atoms with Gasteiger partial charge in [-0.05, 0) is 52.9 Å². The predicted octanol–water partition coefficient (Wildman–Crippen LogP) is 5.68. The van der Waals surface area contributed by atoms with Crippen LogP contribution in [0.4, 0.5) is 4.39 Å². The second-order valence-corrected chi connectivity index (χ2v) is 10.0. The van der Waals surface area contributed by atoms with Gasteiger partial charge in [-0.25, -0.2) is 9.37 Å². The summed E-state index contributed by atoms with van der Waals surface area (Å²) in [7, 11) is 0. The van der Waals surface area contributed by atoms with Gasteiger partial charge in [0.1, 0.15) is 28.9 Å². The Hall–Kier alpha value is -4.04. The molecule has 0 saturated heterocycles. The lowest BCUT2D eigenvalue weighted by atomic mass is 9.87. The van der Waals surface area contributed by atoms with Crippen LogP contribution in [0.1, 0.15) is 57.1 Å². The van der Waals surface area contributed by atoms with Gasteiger partial charge >= 0.3 is 0 Å². The molecule has 0 bridgehead atoms. The molecule has 2 heterocycles. The number of benzene rings is 3. The van der Waals surface area contributed by atoms with Crippen molar-refractivity contribution in [2.24, 2.45) is 0 Å². The molecule has 1 atom stereocenters. The van der Waals surface area contributed by atoms with Crippen molar-refractivity contribution >= 4 is 23.2 Å². The number of aromatic nitrogens is 1. The third kappa shape index (κ3) is 5.75. The fourth-order valence-electron chi connectivity index (χ4n) is 4.65. The third-order valence-electron chi connectivity index (χ3n) is 6.60. The normalized spacial score (nSPS) is 14.6. The van der Waals surface area contributed by atoms with E-state index in [-0.39, 0.29) is 30.3 Å². The molecule has 0 saturated carbocycles. The Balaban J connectivity index is 1.29. The predicted molar refractivity (Wildman–Crippen MR) is 144 cm³/mol. The number of thiazole rings is 1. The number of carbonyl (C=O) groups excluding carboxylic acids is 2. The van der Waals surface area contributed by atoms with Gasteiger partial charge in [0.25, 0.3) is 5.91 Å². The van der Waals surface area contributed by atoms with Gasteiger partial charge in [-0.3, -0.25) is 9.59 Å². The molecular weight excluding hydrogens is 501 g/mol. The van der Waals surface area contributed by atoms with Crippen molar-refractivity contribution in [2.75, 3.05) is 6.54 Å². The van der Waals surface area contributed by atoms with Crippen LogP contribution in [-0.4, -0.2) is 28.2 Å². The van der Waals surface area contributed by atoms with E-state index in [4.69, 9.17) is 4.74 Å². The van der Waals surface area contributed by atoms with Crippen molar-refractivity contribution in [1.82, 2.24) is 15.2 Å². The molecule has 4 aromatic rings. The highest BCUT2D eigenvalue weighted by Crippen LogP contribution is 2.37. The zero-order valence-corrected chi connectivity index (χ0v) is 21.8. The van der Waals surface area contributed by atoms with Crippen molar-refractivity contribution in [2.45, 2.75) is 39.0 Å². The Morgan fingerprint density at radius 1 is 1.11 bits per heavy atom. The molecule has 0 aliphatic carbocycles. The molecule has 1 aliphatic rings. The number of hydrogen-bond acceptors (Lipinski definition) is 5. The molecule has 194 valence electrons. The zero-order valence-electron chi connectivity index (χ0n) is 21.0. The van der Waals surface area contributed by atoms with Gasteiger partial charge in [0.2, 0.25) is 5.91 Å². The van der Waals surface area contributed by atoms with Gasteiger partial charge in [-0.15, -0.1) is 11.3 Å². The van der Waals surface area contributed by atoms with Crippen LogP contribution >= 0.6 is 11.3 Å². The molecule has 0 radical (unpaired) electrons. The van der Waals surface area contributed by atoms with E-state index in [1.807, 2.05) is 60.4 Å². The van der Waals surface area contributed by atoms with Gasteiger partial charge in [-0.2, -0.15) is 0 Å². The van der Waals surface area contributed by atoms with Crippen molar-refractivity contribution in [3.05, 3.63) is 117 Å². The second kappa shape index (κ2) is 11.6. The van der Waals surface area contributed by atoms with Gasteiger partial charge < -0.3 is 15.0 Å². The first-order chi connectivity index (χ1) is 18.5. The van der Waals surface area contributed by atoms with E-state index in [0.29, 0.717) is 36.0 Å². The smallest absolute Gasteiger partial charge is 0.271 e. The van der Waals surface area contributed by atoms with Gasteiger partial charge in [-0.1, -0.05) is 55.5 Å². The monoisotopic (exact) mass is 529 g/mol. The summed E-state index contributed by atoms with van der Waals surface area (Å²) in [6, 6.07) is 21.6. The van der Waals surface area contributed by atoms with Crippen LogP contribution in [-0.2, 0) is 24.4 Å². The minimum Gasteiger partial charge on any atom is -0.486 e. The maximum atomic E-state index is 13.6. The molecule has 0 spiro atoms. The van der Waals surface area contributed by atoms with E-state index >= 15 is 0 Å². The number of amides is 2. The number of rotatable bonds is 8. The van der Waals surface area contributed by atoms with Crippen LogP contribution in [0.25, 0.3) is 0 Å². The average molecular weight is 530 g/mol. The quantitative estimate of drug-likeness (QED) is 0.319. The number of carbonyl (C=O) groups is 2. The van der Waals surface area contributed by atoms with Crippen molar-refractivity contribution in [1.29, 1.82) is 0 Å². The number of hydrogen-bond donors (Lipinski definition) is 1. The van der Waals surface area contributed by atoms with Crippen LogP contribution in [0, 0.1) is 5.82 Å². The highest BCUT2D eigenvalue weighted by molar-refractivity contribution is 7.09. The second-order valence-electron chi connectivity index (χ2n) is 9.09. The van der Waals surface area contributed by atoms with Crippen LogP contribution < -0.4 is 10.1 Å². The summed E-state index contributed by atoms with van der Waals surface area (Å²) >= 11 is 1.37. The van der Waals surface area contributed by atoms with Crippen LogP contribution in [0.5, 0.6) is 5.75 Å². The summed E-state index contributed by atoms with van der Waals surface area (Å²) < 4.78 is 19.7. The minimum atomic E-state index is -0.313. The first-order valence-corrected chi connectivity index (χ1v) is 13.5. The summed E-state index contributed by atoms with van der Waals surface area (Å²) in [5, 5.41) is 5.30. The molecule has 1 unspecified atom stereocenters. The third-order valence-corrected chi connectivity index (χ3v) is 7.42. The topological polar surface area (TPSA) is 71.5 Å². The molecule has 2 amide bonds. The summed E-state index contributed by atoms with van der Waals surface area (Å²) in [5.41, 5.74) is 4.35. The fraction of sp³-hybridized carbons (Fsp3) is 0.233. The lowest BCUT2D eigenvalue weighted by Gasteiger charge is -2.38. The fourth-order valence-corrected chi connectivity index (χ4v) is 5.34. The van der Waals surface area contributed by atoms with Crippen LogP contribution in [0.15, 0.2) is 78.2 Å². The standard InChI is InChI=1S/C30H28FN3O3S/c1-2-28(35)34-15-14-21-10-13-24(16-25(21)29(34)22-8-11-23(31)12-9-22)37-18-27-33-26(19-38-27)30(36)32-17-20-6-4-3-5-7-20/h3-13,16,19,29H,2,14-15,17-18H2,1H3,(H,32,36). The minimum absolute atomic E-state index is 0.0529. The van der Waals surface area contributed by atoms with Crippen molar-refractivity contribution in [3.63, 3.8) is 0 Å². The average Bonchev–Trinajstić information content (AvgIpc) is 3.44. The molecule has 0 fully saturated rings. The first kappa shape index (κ1) is 25.6.